The van der Waals surface area contributed by atoms with Crippen molar-refractivity contribution in [2.45, 2.75) is 13.2 Å². The van der Waals surface area contributed by atoms with Crippen molar-refractivity contribution in [3.8, 4) is 6.07 Å². The van der Waals surface area contributed by atoms with Gasteiger partial charge in [0.15, 0.2) is 0 Å². The van der Waals surface area contributed by atoms with E-state index in [4.69, 9.17) is 10.4 Å². The molecule has 0 atom stereocenters. The topological polar surface area (TPSA) is 56.0 Å². The molecule has 4 heteroatoms. The Morgan fingerprint density at radius 1 is 1.11 bits per heavy atom. The van der Waals surface area contributed by atoms with Crippen molar-refractivity contribution < 1.29 is 5.11 Å². The highest BCUT2D eigenvalue weighted by Gasteiger charge is 2.01. The van der Waals surface area contributed by atoms with Crippen LogP contribution >= 0.6 is 15.9 Å². The number of nitriles is 1. The molecule has 0 bridgehead atoms. The fourth-order valence-electron chi connectivity index (χ4n) is 1.69. The fraction of sp³-hybridized carbons (Fsp3) is 0.133. The van der Waals surface area contributed by atoms with Crippen LogP contribution in [0.5, 0.6) is 0 Å². The molecule has 0 saturated heterocycles. The Bertz CT molecular complexity index is 603. The number of aliphatic hydroxyl groups is 1. The van der Waals surface area contributed by atoms with Gasteiger partial charge in [-0.05, 0) is 45.3 Å². The van der Waals surface area contributed by atoms with E-state index in [0.717, 1.165) is 21.3 Å². The molecule has 0 saturated carbocycles. The number of hydrogen-bond acceptors (Lipinski definition) is 3. The molecule has 0 aliphatic carbocycles. The third kappa shape index (κ3) is 3.57. The minimum atomic E-state index is 0.0644. The maximum Gasteiger partial charge on any atom is 0.0992 e. The number of aliphatic hydroxyl groups excluding tert-OH is 1. The first-order chi connectivity index (χ1) is 9.22. The van der Waals surface area contributed by atoms with Gasteiger partial charge in [0.2, 0.25) is 0 Å². The molecule has 0 fully saturated rings. The molecule has 96 valence electrons. The molecule has 0 aliphatic rings. The summed E-state index contributed by atoms with van der Waals surface area (Å²) < 4.78 is 0.874. The zero-order chi connectivity index (χ0) is 13.7. The lowest BCUT2D eigenvalue weighted by Gasteiger charge is -2.09. The second-order valence-corrected chi connectivity index (χ2v) is 4.99. The molecule has 2 rings (SSSR count). The van der Waals surface area contributed by atoms with Crippen LogP contribution in [0.25, 0.3) is 0 Å². The number of nitrogens with zero attached hydrogens (tertiary/aromatic N) is 1. The summed E-state index contributed by atoms with van der Waals surface area (Å²) in [5.74, 6) is 0. The van der Waals surface area contributed by atoms with E-state index < -0.39 is 0 Å². The average Bonchev–Trinajstić information content (AvgIpc) is 2.46. The van der Waals surface area contributed by atoms with Gasteiger partial charge in [-0.25, -0.2) is 0 Å². The van der Waals surface area contributed by atoms with E-state index in [1.165, 1.54) is 0 Å². The summed E-state index contributed by atoms with van der Waals surface area (Å²) in [5.41, 5.74) is 3.62. The Morgan fingerprint density at radius 3 is 2.37 bits per heavy atom. The van der Waals surface area contributed by atoms with Crippen LogP contribution in [0, 0.1) is 11.3 Å². The fourth-order valence-corrected chi connectivity index (χ4v) is 2.21. The number of nitrogens with one attached hydrogen (secondary N) is 1. The summed E-state index contributed by atoms with van der Waals surface area (Å²) in [5, 5.41) is 21.1. The van der Waals surface area contributed by atoms with Gasteiger partial charge in [0.1, 0.15) is 0 Å². The van der Waals surface area contributed by atoms with Crippen molar-refractivity contribution in [2.24, 2.45) is 0 Å². The van der Waals surface area contributed by atoms with Crippen molar-refractivity contribution in [1.29, 1.82) is 5.26 Å². The monoisotopic (exact) mass is 316 g/mol. The second-order valence-electron chi connectivity index (χ2n) is 4.13. The maximum atomic E-state index is 8.97. The highest BCUT2D eigenvalue weighted by Crippen LogP contribution is 2.24. The molecule has 0 radical (unpaired) electrons. The summed E-state index contributed by atoms with van der Waals surface area (Å²) in [6.45, 7) is 0.755. The van der Waals surface area contributed by atoms with Gasteiger partial charge in [0.05, 0.1) is 18.2 Å². The number of halogens is 1. The van der Waals surface area contributed by atoms with Crippen molar-refractivity contribution >= 4 is 21.6 Å². The van der Waals surface area contributed by atoms with E-state index in [1.54, 1.807) is 12.1 Å². The van der Waals surface area contributed by atoms with Crippen LogP contribution in [0.4, 0.5) is 5.69 Å². The van der Waals surface area contributed by atoms with Crippen LogP contribution < -0.4 is 5.32 Å². The first-order valence-electron chi connectivity index (χ1n) is 5.85. The highest BCUT2D eigenvalue weighted by atomic mass is 79.9. The quantitative estimate of drug-likeness (QED) is 0.908. The van der Waals surface area contributed by atoms with Crippen molar-refractivity contribution in [1.82, 2.24) is 0 Å². The van der Waals surface area contributed by atoms with Crippen molar-refractivity contribution in [3.05, 3.63) is 63.6 Å². The number of anilines is 1. The summed E-state index contributed by atoms with van der Waals surface area (Å²) in [4.78, 5) is 0. The maximum absolute atomic E-state index is 8.97. The van der Waals surface area contributed by atoms with Crippen LogP contribution in [0.3, 0.4) is 0 Å². The predicted molar refractivity (Wildman–Crippen MR) is 78.5 cm³/mol. The molecule has 0 aliphatic heterocycles. The van der Waals surface area contributed by atoms with Crippen LogP contribution in [-0.2, 0) is 13.2 Å². The van der Waals surface area contributed by atoms with Gasteiger partial charge in [0, 0.05) is 16.7 Å². The van der Waals surface area contributed by atoms with Crippen LogP contribution in [0.15, 0.2) is 46.9 Å². The van der Waals surface area contributed by atoms with E-state index in [0.29, 0.717) is 12.1 Å². The molecule has 2 N–H and O–H groups in total. The number of hydrogen-bond donors (Lipinski definition) is 2. The Balaban J connectivity index is 2.04. The van der Waals surface area contributed by atoms with E-state index >= 15 is 0 Å². The molecular formula is C15H13BrN2O. The van der Waals surface area contributed by atoms with Gasteiger partial charge >= 0.3 is 0 Å². The third-order valence-corrected chi connectivity index (χ3v) is 3.44. The molecular weight excluding hydrogens is 304 g/mol. The first-order valence-corrected chi connectivity index (χ1v) is 6.64. The van der Waals surface area contributed by atoms with Gasteiger partial charge in [-0.3, -0.25) is 0 Å². The van der Waals surface area contributed by atoms with Gasteiger partial charge < -0.3 is 10.4 Å². The molecule has 0 heterocycles. The Kier molecular flexibility index (Phi) is 4.56. The lowest BCUT2D eigenvalue weighted by Crippen LogP contribution is -2.00. The summed E-state index contributed by atoms with van der Waals surface area (Å²) in [6.07, 6.45) is 0. The molecule has 0 aromatic heterocycles. The van der Waals surface area contributed by atoms with E-state index in [2.05, 4.69) is 27.3 Å². The second kappa shape index (κ2) is 6.37. The Hall–Kier alpha value is -1.83. The molecule has 3 nitrogen and oxygen atoms in total. The standard InChI is InChI=1S/C15H13BrN2O/c16-14-7-13(8-17)5-6-15(14)18-9-11-1-3-12(10-19)4-2-11/h1-7,18-19H,9-10H2. The molecule has 0 spiro atoms. The highest BCUT2D eigenvalue weighted by molar-refractivity contribution is 9.10. The Morgan fingerprint density at radius 2 is 1.79 bits per heavy atom. The predicted octanol–water partition coefficient (Wildman–Crippen LogP) is 3.43. The normalized spacial score (nSPS) is 9.95. The Labute approximate surface area is 120 Å². The van der Waals surface area contributed by atoms with Crippen LogP contribution in [0.1, 0.15) is 16.7 Å². The van der Waals surface area contributed by atoms with Gasteiger partial charge in [-0.15, -0.1) is 0 Å². The van der Waals surface area contributed by atoms with E-state index in [1.807, 2.05) is 30.3 Å². The lowest BCUT2D eigenvalue weighted by molar-refractivity contribution is 0.282. The lowest BCUT2D eigenvalue weighted by atomic mass is 10.1. The zero-order valence-corrected chi connectivity index (χ0v) is 11.8. The summed E-state index contributed by atoms with van der Waals surface area (Å²) in [6, 6.07) is 15.3. The van der Waals surface area contributed by atoms with Gasteiger partial charge in [-0.1, -0.05) is 24.3 Å². The summed E-state index contributed by atoms with van der Waals surface area (Å²) >= 11 is 3.44. The van der Waals surface area contributed by atoms with E-state index in [9.17, 15) is 0 Å². The van der Waals surface area contributed by atoms with Crippen molar-refractivity contribution in [2.75, 3.05) is 5.32 Å². The molecule has 19 heavy (non-hydrogen) atoms. The van der Waals surface area contributed by atoms with Gasteiger partial charge in [-0.2, -0.15) is 5.26 Å². The van der Waals surface area contributed by atoms with E-state index in [-0.39, 0.29) is 6.61 Å². The molecule has 2 aromatic carbocycles. The zero-order valence-electron chi connectivity index (χ0n) is 10.2. The van der Waals surface area contributed by atoms with Crippen LogP contribution in [0.2, 0.25) is 0 Å². The molecule has 2 aromatic rings. The third-order valence-electron chi connectivity index (χ3n) is 2.79. The summed E-state index contributed by atoms with van der Waals surface area (Å²) in [7, 11) is 0. The van der Waals surface area contributed by atoms with Gasteiger partial charge in [0.25, 0.3) is 0 Å². The number of rotatable bonds is 4. The van der Waals surface area contributed by atoms with Crippen LogP contribution in [-0.4, -0.2) is 5.11 Å². The smallest absolute Gasteiger partial charge is 0.0992 e. The number of benzene rings is 2. The molecule has 0 amide bonds. The largest absolute Gasteiger partial charge is 0.392 e. The minimum Gasteiger partial charge on any atom is -0.392 e. The van der Waals surface area contributed by atoms with Crippen molar-refractivity contribution in [3.63, 3.8) is 0 Å². The minimum absolute atomic E-state index is 0.0644. The average molecular weight is 317 g/mol. The first kappa shape index (κ1) is 13.6. The molecule has 0 unspecified atom stereocenters. The SMILES string of the molecule is N#Cc1ccc(NCc2ccc(CO)cc2)c(Br)c1.